The van der Waals surface area contributed by atoms with Gasteiger partial charge in [-0.3, -0.25) is 0 Å². The zero-order valence-electron chi connectivity index (χ0n) is 8.90. The summed E-state index contributed by atoms with van der Waals surface area (Å²) in [5, 5.41) is 0. The second kappa shape index (κ2) is 5.33. The third-order valence-corrected chi connectivity index (χ3v) is 2.89. The first-order valence-electron chi connectivity index (χ1n) is 5.06. The van der Waals surface area contributed by atoms with Gasteiger partial charge >= 0.3 is 0 Å². The molecule has 3 nitrogen and oxygen atoms in total. The maximum Gasteiger partial charge on any atom is 0.168 e. The monoisotopic (exact) mass is 299 g/mol. The quantitative estimate of drug-likeness (QED) is 0.943. The van der Waals surface area contributed by atoms with Crippen LogP contribution in [0, 0.1) is 5.82 Å². The van der Waals surface area contributed by atoms with Crippen molar-refractivity contribution in [3.8, 4) is 5.75 Å². The molecule has 2 aromatic rings. The van der Waals surface area contributed by atoms with E-state index in [1.165, 1.54) is 12.1 Å². The molecular weight excluding hydrogens is 289 g/mol. The Morgan fingerprint density at radius 1 is 1.41 bits per heavy atom. The maximum atomic E-state index is 13.1. The molecule has 0 saturated heterocycles. The molecule has 0 aliphatic carbocycles. The second-order valence-electron chi connectivity index (χ2n) is 3.43. The van der Waals surface area contributed by atoms with Crippen LogP contribution in [-0.4, -0.2) is 6.54 Å². The molecule has 2 rings (SSSR count). The van der Waals surface area contributed by atoms with Gasteiger partial charge in [-0.05, 0) is 40.2 Å². The highest BCUT2D eigenvalue weighted by Gasteiger charge is 2.16. The van der Waals surface area contributed by atoms with Gasteiger partial charge in [0, 0.05) is 12.6 Å². The Bertz CT molecular complexity index is 487. The van der Waals surface area contributed by atoms with Gasteiger partial charge in [-0.1, -0.05) is 0 Å². The van der Waals surface area contributed by atoms with Crippen LogP contribution in [-0.2, 0) is 0 Å². The lowest BCUT2D eigenvalue weighted by Crippen LogP contribution is -2.18. The molecular formula is C12H11BrFNO2. The van der Waals surface area contributed by atoms with Crippen molar-refractivity contribution in [1.29, 1.82) is 0 Å². The highest BCUT2D eigenvalue weighted by atomic mass is 79.9. The Balaban J connectivity index is 2.21. The number of ether oxygens (including phenoxy) is 1. The molecule has 2 N–H and O–H groups in total. The topological polar surface area (TPSA) is 48.4 Å². The minimum absolute atomic E-state index is 0.246. The molecule has 0 bridgehead atoms. The second-order valence-corrected chi connectivity index (χ2v) is 4.29. The third kappa shape index (κ3) is 2.87. The number of hydrogen-bond donors (Lipinski definition) is 1. The van der Waals surface area contributed by atoms with Crippen LogP contribution in [0.4, 0.5) is 4.39 Å². The molecule has 1 aromatic carbocycles. The first-order valence-corrected chi connectivity index (χ1v) is 5.85. The summed E-state index contributed by atoms with van der Waals surface area (Å²) < 4.78 is 24.6. The molecule has 0 aliphatic rings. The summed E-state index contributed by atoms with van der Waals surface area (Å²) in [5.74, 6) is 0.652. The number of benzene rings is 1. The highest BCUT2D eigenvalue weighted by Crippen LogP contribution is 2.29. The van der Waals surface area contributed by atoms with Crippen LogP contribution in [0.1, 0.15) is 11.9 Å². The van der Waals surface area contributed by atoms with Crippen molar-refractivity contribution in [2.75, 3.05) is 6.54 Å². The fourth-order valence-corrected chi connectivity index (χ4v) is 1.76. The number of rotatable bonds is 4. The third-order valence-electron chi connectivity index (χ3n) is 2.24. The number of furan rings is 1. The molecule has 0 amide bonds. The van der Waals surface area contributed by atoms with Crippen LogP contribution in [0.3, 0.4) is 0 Å². The smallest absolute Gasteiger partial charge is 0.168 e. The van der Waals surface area contributed by atoms with Crippen molar-refractivity contribution < 1.29 is 13.5 Å². The predicted molar refractivity (Wildman–Crippen MR) is 65.2 cm³/mol. The van der Waals surface area contributed by atoms with E-state index in [4.69, 9.17) is 14.9 Å². The van der Waals surface area contributed by atoms with E-state index >= 15 is 0 Å². The largest absolute Gasteiger partial charge is 0.480 e. The molecule has 5 heteroatoms. The highest BCUT2D eigenvalue weighted by molar-refractivity contribution is 9.10. The molecule has 1 atom stereocenters. The Hall–Kier alpha value is -1.33. The lowest BCUT2D eigenvalue weighted by atomic mass is 10.2. The van der Waals surface area contributed by atoms with Gasteiger partial charge in [0.1, 0.15) is 17.3 Å². The molecule has 1 heterocycles. The normalized spacial score (nSPS) is 12.4. The van der Waals surface area contributed by atoms with Crippen molar-refractivity contribution in [1.82, 2.24) is 0 Å². The lowest BCUT2D eigenvalue weighted by molar-refractivity contribution is 0.182. The van der Waals surface area contributed by atoms with Crippen LogP contribution in [0.2, 0.25) is 0 Å². The molecule has 1 unspecified atom stereocenters. The van der Waals surface area contributed by atoms with Crippen LogP contribution in [0.25, 0.3) is 0 Å². The van der Waals surface area contributed by atoms with Crippen molar-refractivity contribution in [2.24, 2.45) is 5.73 Å². The first-order chi connectivity index (χ1) is 8.20. The number of hydrogen-bond acceptors (Lipinski definition) is 3. The van der Waals surface area contributed by atoms with E-state index in [1.54, 1.807) is 24.5 Å². The molecule has 0 aliphatic heterocycles. The molecule has 0 radical (unpaired) electrons. The summed E-state index contributed by atoms with van der Waals surface area (Å²) in [6.45, 7) is 0.246. The van der Waals surface area contributed by atoms with E-state index in [1.807, 2.05) is 0 Å². The molecule has 0 spiro atoms. The molecule has 0 fully saturated rings. The predicted octanol–water partition coefficient (Wildman–Crippen LogP) is 3.26. The van der Waals surface area contributed by atoms with Crippen LogP contribution in [0.15, 0.2) is 45.5 Å². The van der Waals surface area contributed by atoms with Crippen molar-refractivity contribution in [2.45, 2.75) is 6.10 Å². The van der Waals surface area contributed by atoms with Gasteiger partial charge in [-0.25, -0.2) is 4.39 Å². The summed E-state index contributed by atoms with van der Waals surface area (Å²) in [5.41, 5.74) is 5.61. The summed E-state index contributed by atoms with van der Waals surface area (Å²) in [4.78, 5) is 0. The van der Waals surface area contributed by atoms with E-state index in [2.05, 4.69) is 15.9 Å². The van der Waals surface area contributed by atoms with E-state index in [0.717, 1.165) is 0 Å². The summed E-state index contributed by atoms with van der Waals surface area (Å²) in [6, 6.07) is 7.75. The van der Waals surface area contributed by atoms with Gasteiger partial charge in [0.25, 0.3) is 0 Å². The van der Waals surface area contributed by atoms with Gasteiger partial charge in [-0.15, -0.1) is 0 Å². The molecule has 0 saturated carbocycles. The Morgan fingerprint density at radius 3 is 2.88 bits per heavy atom. The average Bonchev–Trinajstić information content (AvgIpc) is 2.84. The van der Waals surface area contributed by atoms with Crippen molar-refractivity contribution in [3.05, 3.63) is 52.6 Å². The van der Waals surface area contributed by atoms with Gasteiger partial charge < -0.3 is 14.9 Å². The SMILES string of the molecule is NCC(Oc1cc(F)ccc1Br)c1ccco1. The molecule has 1 aromatic heterocycles. The minimum atomic E-state index is -0.428. The average molecular weight is 300 g/mol. The first kappa shape index (κ1) is 12.1. The van der Waals surface area contributed by atoms with Crippen LogP contribution < -0.4 is 10.5 Å². The van der Waals surface area contributed by atoms with Gasteiger partial charge in [0.15, 0.2) is 6.10 Å². The van der Waals surface area contributed by atoms with Crippen LogP contribution >= 0.6 is 15.9 Å². The molecule has 17 heavy (non-hydrogen) atoms. The Labute approximate surface area is 106 Å². The number of nitrogens with two attached hydrogens (primary N) is 1. The van der Waals surface area contributed by atoms with Gasteiger partial charge in [0.05, 0.1) is 10.7 Å². The zero-order valence-corrected chi connectivity index (χ0v) is 10.5. The molecule has 90 valence electrons. The van der Waals surface area contributed by atoms with E-state index < -0.39 is 6.10 Å². The van der Waals surface area contributed by atoms with Crippen LogP contribution in [0.5, 0.6) is 5.75 Å². The van der Waals surface area contributed by atoms with Crippen molar-refractivity contribution in [3.63, 3.8) is 0 Å². The van der Waals surface area contributed by atoms with E-state index in [0.29, 0.717) is 16.0 Å². The summed E-state index contributed by atoms with van der Waals surface area (Å²) in [6.07, 6.45) is 1.12. The van der Waals surface area contributed by atoms with E-state index in [-0.39, 0.29) is 12.4 Å². The fourth-order valence-electron chi connectivity index (χ4n) is 1.42. The van der Waals surface area contributed by atoms with E-state index in [9.17, 15) is 4.39 Å². The fraction of sp³-hybridized carbons (Fsp3) is 0.167. The van der Waals surface area contributed by atoms with Gasteiger partial charge in [0.2, 0.25) is 0 Å². The summed E-state index contributed by atoms with van der Waals surface area (Å²) >= 11 is 3.29. The Morgan fingerprint density at radius 2 is 2.24 bits per heavy atom. The lowest BCUT2D eigenvalue weighted by Gasteiger charge is -2.16. The zero-order chi connectivity index (χ0) is 12.3. The van der Waals surface area contributed by atoms with Gasteiger partial charge in [-0.2, -0.15) is 0 Å². The minimum Gasteiger partial charge on any atom is -0.480 e. The number of halogens is 2. The standard InChI is InChI=1S/C12H11BrFNO2/c13-9-4-3-8(14)6-11(9)17-12(7-15)10-2-1-5-16-10/h1-6,12H,7,15H2. The van der Waals surface area contributed by atoms with Crippen molar-refractivity contribution >= 4 is 15.9 Å². The maximum absolute atomic E-state index is 13.1. The Kier molecular flexibility index (Phi) is 3.81. The summed E-state index contributed by atoms with van der Waals surface area (Å²) in [7, 11) is 0.